The lowest BCUT2D eigenvalue weighted by molar-refractivity contribution is -0.161. The van der Waals surface area contributed by atoms with E-state index in [9.17, 15) is 0 Å². The molecule has 0 radical (unpaired) electrons. The summed E-state index contributed by atoms with van der Waals surface area (Å²) in [5, 5.41) is 2.64. The minimum Gasteiger partial charge on any atom is -0.401 e. The Hall–Kier alpha value is -1.46. The number of fused-ring (bicyclic) bond motifs is 3. The van der Waals surface area contributed by atoms with Gasteiger partial charge in [0.15, 0.2) is 5.79 Å². The highest BCUT2D eigenvalue weighted by Crippen LogP contribution is 2.60. The van der Waals surface area contributed by atoms with Gasteiger partial charge in [0.25, 0.3) is 8.32 Å². The molecule has 29 heavy (non-hydrogen) atoms. The maximum atomic E-state index is 7.43. The van der Waals surface area contributed by atoms with E-state index in [1.807, 2.05) is 13.8 Å². The van der Waals surface area contributed by atoms with Gasteiger partial charge in [-0.25, -0.2) is 0 Å². The molecule has 5 rings (SSSR count). The lowest BCUT2D eigenvalue weighted by atomic mass is 10.1. The first-order valence-corrected chi connectivity index (χ1v) is 12.8. The van der Waals surface area contributed by atoms with Gasteiger partial charge in [0.2, 0.25) is 0 Å². The van der Waals surface area contributed by atoms with E-state index in [1.54, 1.807) is 0 Å². The zero-order valence-corrected chi connectivity index (χ0v) is 19.1. The van der Waals surface area contributed by atoms with Gasteiger partial charge in [-0.05, 0) is 47.5 Å². The monoisotopic (exact) mass is 408 g/mol. The summed E-state index contributed by atoms with van der Waals surface area (Å²) in [7, 11) is -2.57. The Labute approximate surface area is 175 Å². The highest BCUT2D eigenvalue weighted by Gasteiger charge is 2.68. The highest BCUT2D eigenvalue weighted by molar-refractivity contribution is 6.99. The summed E-state index contributed by atoms with van der Waals surface area (Å²) in [4.78, 5) is 0. The number of hydrogen-bond donors (Lipinski definition) is 0. The van der Waals surface area contributed by atoms with Crippen molar-refractivity contribution >= 4 is 18.7 Å². The van der Waals surface area contributed by atoms with Crippen LogP contribution in [-0.2, 0) is 13.9 Å². The van der Waals surface area contributed by atoms with Crippen molar-refractivity contribution in [2.24, 2.45) is 11.8 Å². The average Bonchev–Trinajstić information content (AvgIpc) is 3.33. The zero-order valence-electron chi connectivity index (χ0n) is 18.1. The normalized spacial score (nSPS) is 32.7. The molecule has 3 aliphatic rings. The van der Waals surface area contributed by atoms with Gasteiger partial charge in [0.05, 0.1) is 12.2 Å². The van der Waals surface area contributed by atoms with E-state index in [-0.39, 0.29) is 23.4 Å². The van der Waals surface area contributed by atoms with Crippen molar-refractivity contribution in [1.29, 1.82) is 0 Å². The Morgan fingerprint density at radius 1 is 0.828 bits per heavy atom. The molecule has 0 bridgehead atoms. The summed E-state index contributed by atoms with van der Waals surface area (Å²) in [6, 6.07) is 21.8. The molecule has 2 aliphatic carbocycles. The molecule has 1 aliphatic heterocycles. The van der Waals surface area contributed by atoms with Crippen molar-refractivity contribution in [3.8, 4) is 0 Å². The molecular formula is C25H32O3Si. The Morgan fingerprint density at radius 3 is 1.86 bits per heavy atom. The van der Waals surface area contributed by atoms with Crippen molar-refractivity contribution in [2.45, 2.75) is 70.2 Å². The lowest BCUT2D eigenvalue weighted by Crippen LogP contribution is -2.68. The fourth-order valence-electron chi connectivity index (χ4n) is 5.69. The van der Waals surface area contributed by atoms with E-state index in [1.165, 1.54) is 16.8 Å². The molecule has 4 heteroatoms. The molecule has 0 N–H and O–H groups in total. The first-order chi connectivity index (χ1) is 13.7. The Kier molecular flexibility index (Phi) is 4.38. The van der Waals surface area contributed by atoms with Crippen molar-refractivity contribution < 1.29 is 13.9 Å². The zero-order chi connectivity index (χ0) is 20.4. The molecule has 3 nitrogen and oxygen atoms in total. The smallest absolute Gasteiger partial charge is 0.261 e. The van der Waals surface area contributed by atoms with Gasteiger partial charge in [0.1, 0.15) is 6.10 Å². The van der Waals surface area contributed by atoms with Crippen LogP contribution in [0, 0.1) is 11.8 Å². The molecule has 0 amide bonds. The number of rotatable bonds is 4. The summed E-state index contributed by atoms with van der Waals surface area (Å²) in [5.74, 6) is 0.628. The van der Waals surface area contributed by atoms with Gasteiger partial charge in [-0.2, -0.15) is 0 Å². The van der Waals surface area contributed by atoms with E-state index < -0.39 is 14.1 Å². The number of benzene rings is 2. The molecule has 1 heterocycles. The standard InChI is InChI=1S/C25H32O3Si/c1-24(2,3)29(17-12-8-6-9-13-17,18-14-10-7-11-15-18)28-22-20-16-19(20)21-23(22)27-25(4,5)26-21/h6-15,19-23H,16H2,1-5H3/t19?,20?,21-,22+,23-/m1/s1. The van der Waals surface area contributed by atoms with Gasteiger partial charge >= 0.3 is 0 Å². The maximum absolute atomic E-state index is 7.43. The molecule has 154 valence electrons. The summed E-state index contributed by atoms with van der Waals surface area (Å²) in [6.07, 6.45) is 1.51. The lowest BCUT2D eigenvalue weighted by Gasteiger charge is -2.45. The quantitative estimate of drug-likeness (QED) is 0.713. The number of ether oxygens (including phenoxy) is 2. The molecule has 2 aromatic carbocycles. The van der Waals surface area contributed by atoms with Crippen LogP contribution in [0.3, 0.4) is 0 Å². The predicted octanol–water partition coefficient (Wildman–Crippen LogP) is 4.10. The molecule has 2 saturated carbocycles. The third-order valence-electron chi connectivity index (χ3n) is 6.95. The van der Waals surface area contributed by atoms with Crippen LogP contribution in [-0.4, -0.2) is 32.4 Å². The third-order valence-corrected chi connectivity index (χ3v) is 12.0. The molecule has 3 fully saturated rings. The average molecular weight is 409 g/mol. The number of hydrogen-bond acceptors (Lipinski definition) is 3. The van der Waals surface area contributed by atoms with E-state index >= 15 is 0 Å². The van der Waals surface area contributed by atoms with Gasteiger partial charge in [-0.3, -0.25) is 0 Å². The second-order valence-corrected chi connectivity index (χ2v) is 14.6. The minimum absolute atomic E-state index is 0.0207. The van der Waals surface area contributed by atoms with E-state index in [2.05, 4.69) is 81.4 Å². The van der Waals surface area contributed by atoms with Crippen LogP contribution >= 0.6 is 0 Å². The van der Waals surface area contributed by atoms with Crippen LogP contribution in [0.5, 0.6) is 0 Å². The summed E-state index contributed by atoms with van der Waals surface area (Å²) < 4.78 is 20.1. The molecule has 5 atom stereocenters. The van der Waals surface area contributed by atoms with Gasteiger partial charge in [-0.1, -0.05) is 81.4 Å². The second kappa shape index (κ2) is 6.52. The van der Waals surface area contributed by atoms with E-state index in [4.69, 9.17) is 13.9 Å². The van der Waals surface area contributed by atoms with Crippen LogP contribution in [0.2, 0.25) is 5.04 Å². The second-order valence-electron chi connectivity index (χ2n) is 10.4. The van der Waals surface area contributed by atoms with E-state index in [0.717, 1.165) is 0 Å². The van der Waals surface area contributed by atoms with Crippen LogP contribution in [0.1, 0.15) is 41.0 Å². The summed E-state index contributed by atoms with van der Waals surface area (Å²) >= 11 is 0. The van der Waals surface area contributed by atoms with Gasteiger partial charge < -0.3 is 13.9 Å². The van der Waals surface area contributed by atoms with Gasteiger partial charge in [0, 0.05) is 0 Å². The van der Waals surface area contributed by atoms with Crippen LogP contribution in [0.4, 0.5) is 0 Å². The largest absolute Gasteiger partial charge is 0.401 e. The third kappa shape index (κ3) is 3.04. The molecular weight excluding hydrogens is 376 g/mol. The van der Waals surface area contributed by atoms with Crippen molar-refractivity contribution in [1.82, 2.24) is 0 Å². The van der Waals surface area contributed by atoms with Crippen LogP contribution in [0.15, 0.2) is 60.7 Å². The predicted molar refractivity (Wildman–Crippen MR) is 118 cm³/mol. The highest BCUT2D eigenvalue weighted by atomic mass is 28.4. The molecule has 0 aromatic heterocycles. The van der Waals surface area contributed by atoms with Crippen LogP contribution < -0.4 is 10.4 Å². The fourth-order valence-corrected chi connectivity index (χ4v) is 10.4. The Bertz CT molecular complexity index is 834. The fraction of sp³-hybridized carbons (Fsp3) is 0.520. The Balaban J connectivity index is 1.62. The first-order valence-electron chi connectivity index (χ1n) is 10.9. The minimum atomic E-state index is -2.57. The first kappa shape index (κ1) is 19.5. The van der Waals surface area contributed by atoms with Gasteiger partial charge in [-0.15, -0.1) is 0 Å². The van der Waals surface area contributed by atoms with Crippen LogP contribution in [0.25, 0.3) is 0 Å². The Morgan fingerprint density at radius 2 is 1.34 bits per heavy atom. The van der Waals surface area contributed by atoms with Crippen molar-refractivity contribution in [2.75, 3.05) is 0 Å². The molecule has 0 spiro atoms. The van der Waals surface area contributed by atoms with Crippen molar-refractivity contribution in [3.05, 3.63) is 60.7 Å². The topological polar surface area (TPSA) is 27.7 Å². The van der Waals surface area contributed by atoms with E-state index in [0.29, 0.717) is 11.8 Å². The SMILES string of the molecule is CC1(C)O[C@@H]2[C@H](O1)C1CC1[C@@H]2O[Si](c1ccccc1)(c1ccccc1)C(C)(C)C. The maximum Gasteiger partial charge on any atom is 0.261 e. The molecule has 2 aromatic rings. The summed E-state index contributed by atoms with van der Waals surface area (Å²) in [6.45, 7) is 11.1. The molecule has 1 saturated heterocycles. The summed E-state index contributed by atoms with van der Waals surface area (Å²) in [5.41, 5.74) is 0. The molecule has 2 unspecified atom stereocenters. The van der Waals surface area contributed by atoms with Crippen molar-refractivity contribution in [3.63, 3.8) is 0 Å².